The first kappa shape index (κ1) is 46.5. The summed E-state index contributed by atoms with van der Waals surface area (Å²) in [6.45, 7) is 14.9. The molecule has 3 rings (SSSR count). The average molecular weight is 808 g/mol. The molecule has 1 unspecified atom stereocenters. The van der Waals surface area contributed by atoms with E-state index < -0.39 is 39.1 Å². The monoisotopic (exact) mass is 807 g/mol. The summed E-state index contributed by atoms with van der Waals surface area (Å²) in [5.41, 5.74) is -1.12. The van der Waals surface area contributed by atoms with Crippen LogP contribution in [0, 0.1) is 17.8 Å². The summed E-state index contributed by atoms with van der Waals surface area (Å²) in [7, 11) is -4.07. The number of ether oxygens (including phenoxy) is 3. The highest BCUT2D eigenvalue weighted by Crippen LogP contribution is 2.30. The molecule has 0 bridgehead atoms. The van der Waals surface area contributed by atoms with Crippen molar-refractivity contribution in [2.45, 2.75) is 128 Å². The molecule has 2 heterocycles. The summed E-state index contributed by atoms with van der Waals surface area (Å²) in [6.07, 6.45) is 5.58. The van der Waals surface area contributed by atoms with E-state index in [9.17, 15) is 32.4 Å². The first-order chi connectivity index (χ1) is 26.3. The van der Waals surface area contributed by atoms with Gasteiger partial charge in [-0.2, -0.15) is 4.72 Å². The number of nitrogens with one attached hydrogen (secondary N) is 3. The standard InChI is InChI=1S/C40H65N5O10S/c1-8-53-36(48)33(43-56(51,52)32-12-10-9-11-13-32)28-42-34(46)18-23-41-35(47)31(16-14-29-19-24-44(25-20-29)37(49)54-39(2,3)4)17-15-30-21-26-45(27-22-30)38(50)55-40(5,6)7/h9-13,29-31,33,43H,8,14-28H2,1-7H3,(H,41,47)(H,42,46). The molecule has 4 amide bonds. The number of hydrogen-bond donors (Lipinski definition) is 3. The Morgan fingerprint density at radius 3 is 1.70 bits per heavy atom. The molecule has 15 nitrogen and oxygen atoms in total. The van der Waals surface area contributed by atoms with Gasteiger partial charge in [-0.3, -0.25) is 14.4 Å². The van der Waals surface area contributed by atoms with Gasteiger partial charge in [0.25, 0.3) is 0 Å². The number of amides is 4. The maximum atomic E-state index is 13.6. The van der Waals surface area contributed by atoms with Gasteiger partial charge >= 0.3 is 18.2 Å². The van der Waals surface area contributed by atoms with Crippen LogP contribution in [0.2, 0.25) is 0 Å². The SMILES string of the molecule is CCOC(=O)C(CNC(=O)CCNC(=O)C(CCC1CCN(C(=O)OC(C)(C)C)CC1)CCC1CCN(C(=O)OC(C)(C)C)CC1)NS(=O)(=O)c1ccccc1. The third-order valence-electron chi connectivity index (χ3n) is 9.83. The maximum Gasteiger partial charge on any atom is 0.410 e. The molecule has 316 valence electrons. The van der Waals surface area contributed by atoms with Gasteiger partial charge in [-0.1, -0.05) is 18.2 Å². The van der Waals surface area contributed by atoms with E-state index in [1.54, 1.807) is 34.9 Å². The van der Waals surface area contributed by atoms with Crippen molar-refractivity contribution < 1.29 is 46.6 Å². The summed E-state index contributed by atoms with van der Waals surface area (Å²) in [5.74, 6) is -1.00. The second-order valence-corrected chi connectivity index (χ2v) is 18.5. The van der Waals surface area contributed by atoms with E-state index in [4.69, 9.17) is 14.2 Å². The molecule has 0 aliphatic carbocycles. The molecular formula is C40H65N5O10S. The van der Waals surface area contributed by atoms with Crippen LogP contribution in [-0.4, -0.2) is 111 Å². The summed E-state index contributed by atoms with van der Waals surface area (Å²) in [5, 5.41) is 5.52. The van der Waals surface area contributed by atoms with Gasteiger partial charge in [-0.15, -0.1) is 0 Å². The van der Waals surface area contributed by atoms with Crippen LogP contribution in [0.5, 0.6) is 0 Å². The number of carbonyl (C=O) groups excluding carboxylic acids is 5. The quantitative estimate of drug-likeness (QED) is 0.143. The Balaban J connectivity index is 1.54. The minimum atomic E-state index is -4.07. The molecule has 2 fully saturated rings. The second-order valence-electron chi connectivity index (χ2n) is 16.8. The molecule has 2 aliphatic rings. The van der Waals surface area contributed by atoms with Crippen molar-refractivity contribution in [1.29, 1.82) is 0 Å². The Morgan fingerprint density at radius 1 is 0.768 bits per heavy atom. The van der Waals surface area contributed by atoms with Crippen molar-refractivity contribution >= 4 is 40.0 Å². The molecule has 1 aromatic carbocycles. The van der Waals surface area contributed by atoms with E-state index >= 15 is 0 Å². The van der Waals surface area contributed by atoms with E-state index in [2.05, 4.69) is 15.4 Å². The van der Waals surface area contributed by atoms with Crippen molar-refractivity contribution in [3.63, 3.8) is 0 Å². The highest BCUT2D eigenvalue weighted by atomic mass is 32.2. The Labute approximate surface area is 333 Å². The summed E-state index contributed by atoms with van der Waals surface area (Å²) in [6, 6.07) is 6.22. The predicted molar refractivity (Wildman–Crippen MR) is 211 cm³/mol. The molecule has 16 heteroatoms. The van der Waals surface area contributed by atoms with E-state index in [1.807, 2.05) is 41.5 Å². The number of sulfonamides is 1. The van der Waals surface area contributed by atoms with Crippen LogP contribution in [0.3, 0.4) is 0 Å². The Bertz CT molecular complexity index is 1490. The minimum Gasteiger partial charge on any atom is -0.465 e. The molecule has 2 aliphatic heterocycles. The predicted octanol–water partition coefficient (Wildman–Crippen LogP) is 4.99. The van der Waals surface area contributed by atoms with Gasteiger partial charge in [-0.05, 0) is 124 Å². The zero-order valence-electron chi connectivity index (χ0n) is 34.4. The average Bonchev–Trinajstić information content (AvgIpc) is 3.12. The molecular weight excluding hydrogens is 743 g/mol. The lowest BCUT2D eigenvalue weighted by Gasteiger charge is -2.34. The fourth-order valence-corrected chi connectivity index (χ4v) is 7.97. The van der Waals surface area contributed by atoms with Crippen LogP contribution in [0.15, 0.2) is 35.2 Å². The molecule has 0 aromatic heterocycles. The Hall–Kier alpha value is -3.92. The number of piperidine rings is 2. The minimum absolute atomic E-state index is 0.0279. The third kappa shape index (κ3) is 16.7. The van der Waals surface area contributed by atoms with Crippen LogP contribution in [0.1, 0.15) is 106 Å². The largest absolute Gasteiger partial charge is 0.465 e. The van der Waals surface area contributed by atoms with Gasteiger partial charge in [0.05, 0.1) is 11.5 Å². The molecule has 56 heavy (non-hydrogen) atoms. The number of rotatable bonds is 17. The zero-order valence-corrected chi connectivity index (χ0v) is 35.2. The van der Waals surface area contributed by atoms with Crippen LogP contribution in [-0.2, 0) is 38.6 Å². The van der Waals surface area contributed by atoms with Gasteiger partial charge in [0.2, 0.25) is 21.8 Å². The number of esters is 1. The second kappa shape index (κ2) is 21.6. The zero-order chi connectivity index (χ0) is 41.5. The maximum absolute atomic E-state index is 13.6. The van der Waals surface area contributed by atoms with Crippen LogP contribution in [0.4, 0.5) is 9.59 Å². The fourth-order valence-electron chi connectivity index (χ4n) is 6.76. The number of hydrogen-bond acceptors (Lipinski definition) is 10. The van der Waals surface area contributed by atoms with Crippen molar-refractivity contribution in [2.24, 2.45) is 17.8 Å². The van der Waals surface area contributed by atoms with Gasteiger partial charge in [0, 0.05) is 51.6 Å². The Morgan fingerprint density at radius 2 is 1.25 bits per heavy atom. The van der Waals surface area contributed by atoms with Crippen molar-refractivity contribution in [3.05, 3.63) is 30.3 Å². The van der Waals surface area contributed by atoms with Crippen molar-refractivity contribution in [2.75, 3.05) is 45.9 Å². The summed E-state index contributed by atoms with van der Waals surface area (Å²) < 4.78 is 44.2. The highest BCUT2D eigenvalue weighted by Gasteiger charge is 2.31. The lowest BCUT2D eigenvalue weighted by atomic mass is 9.84. The number of benzene rings is 1. The van der Waals surface area contributed by atoms with E-state index in [-0.39, 0.29) is 55.0 Å². The smallest absolute Gasteiger partial charge is 0.410 e. The topological polar surface area (TPSA) is 190 Å². The molecule has 2 saturated heterocycles. The van der Waals surface area contributed by atoms with Gasteiger partial charge in [-0.25, -0.2) is 18.0 Å². The molecule has 0 radical (unpaired) electrons. The van der Waals surface area contributed by atoms with Gasteiger partial charge in [0.15, 0.2) is 0 Å². The normalized spacial score (nSPS) is 16.6. The van der Waals surface area contributed by atoms with Crippen molar-refractivity contribution in [3.8, 4) is 0 Å². The summed E-state index contributed by atoms with van der Waals surface area (Å²) >= 11 is 0. The first-order valence-corrected chi connectivity index (χ1v) is 21.5. The van der Waals surface area contributed by atoms with E-state index in [1.165, 1.54) is 12.1 Å². The lowest BCUT2D eigenvalue weighted by Crippen LogP contribution is -2.49. The lowest BCUT2D eigenvalue weighted by molar-refractivity contribution is -0.145. The molecule has 3 N–H and O–H groups in total. The van der Waals surface area contributed by atoms with E-state index in [0.29, 0.717) is 50.9 Å². The third-order valence-corrected chi connectivity index (χ3v) is 11.3. The van der Waals surface area contributed by atoms with Crippen LogP contribution < -0.4 is 15.4 Å². The first-order valence-electron chi connectivity index (χ1n) is 20.0. The molecule has 1 atom stereocenters. The van der Waals surface area contributed by atoms with Crippen molar-refractivity contribution in [1.82, 2.24) is 25.2 Å². The number of likely N-dealkylation sites (tertiary alicyclic amines) is 2. The molecule has 0 spiro atoms. The van der Waals surface area contributed by atoms with Crippen LogP contribution >= 0.6 is 0 Å². The van der Waals surface area contributed by atoms with Crippen LogP contribution in [0.25, 0.3) is 0 Å². The Kier molecular flexibility index (Phi) is 17.9. The summed E-state index contributed by atoms with van der Waals surface area (Å²) in [4.78, 5) is 67.6. The molecule has 1 aromatic rings. The molecule has 0 saturated carbocycles. The highest BCUT2D eigenvalue weighted by molar-refractivity contribution is 7.89. The number of nitrogens with zero attached hydrogens (tertiary/aromatic N) is 2. The van der Waals surface area contributed by atoms with E-state index in [0.717, 1.165) is 38.5 Å². The fraction of sp³-hybridized carbons (Fsp3) is 0.725. The van der Waals surface area contributed by atoms with Gasteiger partial charge < -0.3 is 34.6 Å². The van der Waals surface area contributed by atoms with Gasteiger partial charge in [0.1, 0.15) is 17.2 Å². The number of carbonyl (C=O) groups is 5.